The molecule has 2 aromatic rings. The SMILES string of the molecule is O=P(O)(O)CCCNCc1ccc(SCCCCCc2ccc(F)cc2)cn1. The lowest BCUT2D eigenvalue weighted by Gasteiger charge is -2.07. The zero-order chi connectivity index (χ0) is 20.2. The zero-order valence-electron chi connectivity index (χ0n) is 15.9. The van der Waals surface area contributed by atoms with Crippen LogP contribution >= 0.6 is 19.4 Å². The molecule has 0 aliphatic heterocycles. The molecule has 0 spiro atoms. The van der Waals surface area contributed by atoms with Crippen LogP contribution in [0.5, 0.6) is 0 Å². The van der Waals surface area contributed by atoms with Gasteiger partial charge in [-0.1, -0.05) is 18.6 Å². The Morgan fingerprint density at radius 3 is 2.50 bits per heavy atom. The molecule has 28 heavy (non-hydrogen) atoms. The van der Waals surface area contributed by atoms with Gasteiger partial charge in [-0.25, -0.2) is 4.39 Å². The highest BCUT2D eigenvalue weighted by molar-refractivity contribution is 7.99. The molecule has 1 heterocycles. The van der Waals surface area contributed by atoms with Crippen LogP contribution in [0, 0.1) is 5.82 Å². The van der Waals surface area contributed by atoms with Gasteiger partial charge in [0.05, 0.1) is 11.9 Å². The van der Waals surface area contributed by atoms with E-state index in [-0.39, 0.29) is 12.0 Å². The van der Waals surface area contributed by atoms with Crippen LogP contribution in [0.1, 0.15) is 36.9 Å². The predicted molar refractivity (Wildman–Crippen MR) is 112 cm³/mol. The van der Waals surface area contributed by atoms with Crippen molar-refractivity contribution >= 4 is 19.4 Å². The van der Waals surface area contributed by atoms with Gasteiger partial charge in [0.15, 0.2) is 0 Å². The van der Waals surface area contributed by atoms with Gasteiger partial charge >= 0.3 is 7.60 Å². The van der Waals surface area contributed by atoms with Crippen LogP contribution in [-0.2, 0) is 17.5 Å². The van der Waals surface area contributed by atoms with E-state index in [1.54, 1.807) is 11.8 Å². The first-order chi connectivity index (χ1) is 13.4. The lowest BCUT2D eigenvalue weighted by molar-refractivity contribution is 0.371. The van der Waals surface area contributed by atoms with E-state index in [2.05, 4.69) is 16.4 Å². The zero-order valence-corrected chi connectivity index (χ0v) is 17.6. The van der Waals surface area contributed by atoms with Crippen molar-refractivity contribution in [3.05, 3.63) is 59.7 Å². The second-order valence-electron chi connectivity index (χ2n) is 6.69. The first-order valence-corrected chi connectivity index (χ1v) is 12.3. The number of thioether (sulfide) groups is 1. The molecule has 2 rings (SSSR count). The van der Waals surface area contributed by atoms with Crippen molar-refractivity contribution in [2.75, 3.05) is 18.5 Å². The summed E-state index contributed by atoms with van der Waals surface area (Å²) < 4.78 is 23.6. The molecule has 0 fully saturated rings. The summed E-state index contributed by atoms with van der Waals surface area (Å²) in [6, 6.07) is 10.8. The Bertz CT molecular complexity index is 738. The van der Waals surface area contributed by atoms with Crippen molar-refractivity contribution in [1.82, 2.24) is 10.3 Å². The molecular formula is C20H28FN2O3PS. The fraction of sp³-hybridized carbons (Fsp3) is 0.450. The molecular weight excluding hydrogens is 398 g/mol. The molecule has 154 valence electrons. The highest BCUT2D eigenvalue weighted by Crippen LogP contribution is 2.34. The van der Waals surface area contributed by atoms with Crippen LogP contribution < -0.4 is 5.32 Å². The van der Waals surface area contributed by atoms with Crippen LogP contribution in [0.4, 0.5) is 4.39 Å². The van der Waals surface area contributed by atoms with E-state index in [0.29, 0.717) is 19.5 Å². The van der Waals surface area contributed by atoms with E-state index in [1.165, 1.54) is 17.7 Å². The summed E-state index contributed by atoms with van der Waals surface area (Å²) in [6.45, 7) is 1.15. The van der Waals surface area contributed by atoms with E-state index in [4.69, 9.17) is 9.79 Å². The Morgan fingerprint density at radius 1 is 1.04 bits per heavy atom. The molecule has 8 heteroatoms. The van der Waals surface area contributed by atoms with Crippen molar-refractivity contribution in [1.29, 1.82) is 0 Å². The van der Waals surface area contributed by atoms with Gasteiger partial charge < -0.3 is 15.1 Å². The fourth-order valence-corrected chi connectivity index (χ4v) is 4.12. The minimum absolute atomic E-state index is 0.0904. The summed E-state index contributed by atoms with van der Waals surface area (Å²) in [4.78, 5) is 23.2. The predicted octanol–water partition coefficient (Wildman–Crippen LogP) is 4.38. The van der Waals surface area contributed by atoms with Crippen molar-refractivity contribution in [2.24, 2.45) is 0 Å². The van der Waals surface area contributed by atoms with E-state index < -0.39 is 7.60 Å². The third kappa shape index (κ3) is 10.3. The molecule has 0 aliphatic rings. The summed E-state index contributed by atoms with van der Waals surface area (Å²) in [5.74, 6) is 0.862. The second kappa shape index (κ2) is 12.3. The largest absolute Gasteiger partial charge is 0.325 e. The standard InChI is InChI=1S/C20H28FN2O3PS/c21-18-8-6-17(7-9-18)5-2-1-3-14-28-20-11-10-19(23-16-20)15-22-12-4-13-27(24,25)26/h6-11,16,22H,1-5,12-15H2,(H2,24,25,26). The van der Waals surface area contributed by atoms with Gasteiger partial charge in [0.1, 0.15) is 5.82 Å². The molecule has 5 nitrogen and oxygen atoms in total. The topological polar surface area (TPSA) is 82.5 Å². The van der Waals surface area contributed by atoms with Gasteiger partial charge in [-0.2, -0.15) is 0 Å². The lowest BCUT2D eigenvalue weighted by atomic mass is 10.1. The summed E-state index contributed by atoms with van der Waals surface area (Å²) in [5.41, 5.74) is 2.10. The minimum atomic E-state index is -3.89. The fourth-order valence-electron chi connectivity index (χ4n) is 2.68. The number of nitrogens with one attached hydrogen (secondary N) is 1. The van der Waals surface area contributed by atoms with E-state index >= 15 is 0 Å². The number of nitrogens with zero attached hydrogens (tertiary/aromatic N) is 1. The van der Waals surface area contributed by atoms with Crippen molar-refractivity contribution in [3.63, 3.8) is 0 Å². The van der Waals surface area contributed by atoms with Gasteiger partial charge in [-0.05, 0) is 67.8 Å². The number of aryl methyl sites for hydroxylation is 1. The average Bonchev–Trinajstić information content (AvgIpc) is 2.66. The van der Waals surface area contributed by atoms with Crippen molar-refractivity contribution in [3.8, 4) is 0 Å². The maximum Gasteiger partial charge on any atom is 0.325 e. The average molecular weight is 426 g/mol. The maximum atomic E-state index is 12.9. The van der Waals surface area contributed by atoms with Crippen LogP contribution in [0.25, 0.3) is 0 Å². The number of halogens is 1. The molecule has 0 unspecified atom stereocenters. The number of rotatable bonds is 13. The second-order valence-corrected chi connectivity index (χ2v) is 9.63. The van der Waals surface area contributed by atoms with E-state index in [9.17, 15) is 8.96 Å². The summed E-state index contributed by atoms with van der Waals surface area (Å²) in [5, 5.41) is 3.14. The first kappa shape index (κ1) is 23.0. The van der Waals surface area contributed by atoms with Crippen LogP contribution in [0.15, 0.2) is 47.5 Å². The normalized spacial score (nSPS) is 11.7. The summed E-state index contributed by atoms with van der Waals surface area (Å²) >= 11 is 1.79. The third-order valence-corrected chi connectivity index (χ3v) is 6.16. The molecule has 0 amide bonds. The van der Waals surface area contributed by atoms with Gasteiger partial charge in [0, 0.05) is 17.6 Å². The highest BCUT2D eigenvalue weighted by Gasteiger charge is 2.11. The summed E-state index contributed by atoms with van der Waals surface area (Å²) in [7, 11) is -3.89. The molecule has 1 aromatic heterocycles. The van der Waals surface area contributed by atoms with E-state index in [0.717, 1.165) is 42.0 Å². The monoisotopic (exact) mass is 426 g/mol. The molecule has 1 aromatic carbocycles. The smallest absolute Gasteiger partial charge is 0.324 e. The maximum absolute atomic E-state index is 12.9. The van der Waals surface area contributed by atoms with Crippen LogP contribution in [0.3, 0.4) is 0 Å². The Kier molecular flexibility index (Phi) is 10.2. The molecule has 0 bridgehead atoms. The molecule has 0 saturated heterocycles. The molecule has 0 saturated carbocycles. The number of hydrogen-bond donors (Lipinski definition) is 3. The lowest BCUT2D eigenvalue weighted by Crippen LogP contribution is -2.16. The number of hydrogen-bond acceptors (Lipinski definition) is 4. The number of pyridine rings is 1. The van der Waals surface area contributed by atoms with Gasteiger partial charge in [0.25, 0.3) is 0 Å². The Balaban J connectivity index is 1.53. The van der Waals surface area contributed by atoms with Gasteiger partial charge in [-0.3, -0.25) is 9.55 Å². The first-order valence-electron chi connectivity index (χ1n) is 9.50. The van der Waals surface area contributed by atoms with Crippen LogP contribution in [0.2, 0.25) is 0 Å². The Labute approximate surface area is 170 Å². The van der Waals surface area contributed by atoms with Crippen molar-refractivity contribution < 1.29 is 18.7 Å². The third-order valence-electron chi connectivity index (χ3n) is 4.20. The molecule has 3 N–H and O–H groups in total. The van der Waals surface area contributed by atoms with Crippen LogP contribution in [-0.4, -0.2) is 33.2 Å². The molecule has 0 aliphatic carbocycles. The summed E-state index contributed by atoms with van der Waals surface area (Å²) in [6.07, 6.45) is 6.60. The quantitative estimate of drug-likeness (QED) is 0.250. The minimum Gasteiger partial charge on any atom is -0.324 e. The van der Waals surface area contributed by atoms with Gasteiger partial charge in [-0.15, -0.1) is 11.8 Å². The molecule has 0 atom stereocenters. The van der Waals surface area contributed by atoms with Gasteiger partial charge in [0.2, 0.25) is 0 Å². The highest BCUT2D eigenvalue weighted by atomic mass is 32.2. The molecule has 0 radical (unpaired) electrons. The Hall–Kier alpha value is -1.24. The van der Waals surface area contributed by atoms with Crippen molar-refractivity contribution in [2.45, 2.75) is 43.5 Å². The number of benzene rings is 1. The Morgan fingerprint density at radius 2 is 1.82 bits per heavy atom. The van der Waals surface area contributed by atoms with E-state index in [1.807, 2.05) is 24.4 Å². The number of aromatic nitrogens is 1. The number of unbranched alkanes of at least 4 members (excludes halogenated alkanes) is 2.